The molecule has 6 nitrogen and oxygen atoms in total. The van der Waals surface area contributed by atoms with Gasteiger partial charge in [0.15, 0.2) is 0 Å². The lowest BCUT2D eigenvalue weighted by Crippen LogP contribution is -2.13. The molecule has 0 radical (unpaired) electrons. The maximum Gasteiger partial charge on any atom is 0.262 e. The molecule has 2 aromatic rings. The summed E-state index contributed by atoms with van der Waals surface area (Å²) < 4.78 is 33.2. The maximum atomic E-state index is 12.7. The molecule has 2 aromatic carbocycles. The Balaban J connectivity index is 2.03. The van der Waals surface area contributed by atoms with Gasteiger partial charge < -0.3 is 10.1 Å². The van der Waals surface area contributed by atoms with Gasteiger partial charge in [0, 0.05) is 16.8 Å². The second-order valence-electron chi connectivity index (χ2n) is 5.84. The van der Waals surface area contributed by atoms with E-state index in [-0.39, 0.29) is 10.8 Å². The Morgan fingerprint density at radius 2 is 1.84 bits per heavy atom. The first-order valence-electron chi connectivity index (χ1n) is 7.62. The summed E-state index contributed by atoms with van der Waals surface area (Å²) in [5.74, 6) is 0.205. The number of anilines is 2. The number of nitrogens with one attached hydrogen (secondary N) is 2. The summed E-state index contributed by atoms with van der Waals surface area (Å²) in [6.07, 6.45) is 0. The minimum absolute atomic E-state index is 0.0763. The third-order valence-electron chi connectivity index (χ3n) is 3.90. The highest BCUT2D eigenvalue weighted by molar-refractivity contribution is 7.92. The molecule has 130 valence electrons. The van der Waals surface area contributed by atoms with Crippen LogP contribution in [0.25, 0.3) is 5.57 Å². The van der Waals surface area contributed by atoms with Crippen LogP contribution in [0.2, 0.25) is 0 Å². The molecule has 0 saturated carbocycles. The molecule has 7 heteroatoms. The molecule has 1 aliphatic rings. The Bertz CT molecular complexity index is 990. The van der Waals surface area contributed by atoms with Gasteiger partial charge in [-0.25, -0.2) is 8.42 Å². The molecule has 2 N–H and O–H groups in total. The molecule has 0 unspecified atom stereocenters. The largest absolute Gasteiger partial charge is 0.495 e. The fourth-order valence-electron chi connectivity index (χ4n) is 2.74. The minimum atomic E-state index is -3.83. The average Bonchev–Trinajstić information content (AvgIpc) is 2.90. The molecular weight excluding hydrogens is 340 g/mol. The highest BCUT2D eigenvalue weighted by Crippen LogP contribution is 2.36. The number of hydrogen-bond donors (Lipinski definition) is 2. The Kier molecular flexibility index (Phi) is 4.26. The first kappa shape index (κ1) is 17.0. The van der Waals surface area contributed by atoms with Gasteiger partial charge in [-0.2, -0.15) is 0 Å². The summed E-state index contributed by atoms with van der Waals surface area (Å²) in [4.78, 5) is 12.1. The van der Waals surface area contributed by atoms with Crippen molar-refractivity contribution in [1.29, 1.82) is 0 Å². The van der Waals surface area contributed by atoms with Gasteiger partial charge in [-0.05, 0) is 44.2 Å². The number of hydrogen-bond acceptors (Lipinski definition) is 4. The number of carbonyl (C=O) groups is 1. The third-order valence-corrected chi connectivity index (χ3v) is 5.26. The van der Waals surface area contributed by atoms with Crippen molar-refractivity contribution in [2.45, 2.75) is 18.7 Å². The number of rotatable bonds is 4. The highest BCUT2D eigenvalue weighted by atomic mass is 32.2. The summed E-state index contributed by atoms with van der Waals surface area (Å²) in [5.41, 5.74) is 2.88. The van der Waals surface area contributed by atoms with Crippen molar-refractivity contribution >= 4 is 32.9 Å². The van der Waals surface area contributed by atoms with Crippen LogP contribution in [0.1, 0.15) is 19.4 Å². The van der Waals surface area contributed by atoms with E-state index in [2.05, 4.69) is 10.0 Å². The molecule has 1 aliphatic heterocycles. The second-order valence-corrected chi connectivity index (χ2v) is 7.52. The summed E-state index contributed by atoms with van der Waals surface area (Å²) >= 11 is 0. The first-order chi connectivity index (χ1) is 11.8. The van der Waals surface area contributed by atoms with Crippen molar-refractivity contribution in [1.82, 2.24) is 0 Å². The van der Waals surface area contributed by atoms with Crippen molar-refractivity contribution in [3.63, 3.8) is 0 Å². The number of fused-ring (bicyclic) bond motifs is 1. The molecule has 3 rings (SSSR count). The predicted octanol–water partition coefficient (Wildman–Crippen LogP) is 3.24. The summed E-state index contributed by atoms with van der Waals surface area (Å²) in [5, 5.41) is 2.74. The Morgan fingerprint density at radius 1 is 1.12 bits per heavy atom. The summed E-state index contributed by atoms with van der Waals surface area (Å²) in [6, 6.07) is 11.3. The van der Waals surface area contributed by atoms with E-state index in [4.69, 9.17) is 4.74 Å². The molecule has 0 atom stereocenters. The van der Waals surface area contributed by atoms with Crippen LogP contribution in [0.4, 0.5) is 11.4 Å². The maximum absolute atomic E-state index is 12.7. The van der Waals surface area contributed by atoms with E-state index in [9.17, 15) is 13.2 Å². The van der Waals surface area contributed by atoms with Crippen molar-refractivity contribution < 1.29 is 17.9 Å². The van der Waals surface area contributed by atoms with E-state index in [1.165, 1.54) is 19.2 Å². The van der Waals surface area contributed by atoms with Gasteiger partial charge in [-0.3, -0.25) is 9.52 Å². The molecule has 1 heterocycles. The monoisotopic (exact) mass is 358 g/mol. The summed E-state index contributed by atoms with van der Waals surface area (Å²) in [6.45, 7) is 3.64. The molecule has 0 aliphatic carbocycles. The van der Waals surface area contributed by atoms with Gasteiger partial charge in [0.05, 0.1) is 17.7 Å². The van der Waals surface area contributed by atoms with E-state index < -0.39 is 10.0 Å². The van der Waals surface area contributed by atoms with Crippen LogP contribution >= 0.6 is 0 Å². The highest BCUT2D eigenvalue weighted by Gasteiger charge is 2.27. The van der Waals surface area contributed by atoms with E-state index in [1.54, 1.807) is 30.3 Å². The van der Waals surface area contributed by atoms with Crippen LogP contribution in [0.3, 0.4) is 0 Å². The third kappa shape index (κ3) is 3.10. The number of sulfonamides is 1. The normalized spacial score (nSPS) is 13.2. The SMILES string of the molecule is COc1ccccc1NS(=O)(=O)c1ccc2c(c1)C(=C(C)C)C(=O)N2. The fraction of sp³-hybridized carbons (Fsp3) is 0.167. The van der Waals surface area contributed by atoms with Crippen molar-refractivity contribution in [3.8, 4) is 5.75 Å². The van der Waals surface area contributed by atoms with E-state index in [0.717, 1.165) is 5.57 Å². The molecular formula is C18H18N2O4S. The van der Waals surface area contributed by atoms with Gasteiger partial charge in [0.1, 0.15) is 5.75 Å². The standard InChI is InChI=1S/C18H18N2O4S/c1-11(2)17-13-10-12(8-9-14(13)19-18(17)21)25(22,23)20-15-6-4-5-7-16(15)24-3/h4-10,20H,1-3H3,(H,19,21). The van der Waals surface area contributed by atoms with Gasteiger partial charge >= 0.3 is 0 Å². The molecule has 0 saturated heterocycles. The molecule has 0 bridgehead atoms. The first-order valence-corrected chi connectivity index (χ1v) is 9.11. The van der Waals surface area contributed by atoms with E-state index in [0.29, 0.717) is 28.3 Å². The lowest BCUT2D eigenvalue weighted by atomic mass is 10.0. The Morgan fingerprint density at radius 3 is 2.52 bits per heavy atom. The number of benzene rings is 2. The zero-order chi connectivity index (χ0) is 18.2. The van der Waals surface area contributed by atoms with E-state index in [1.807, 2.05) is 13.8 Å². The van der Waals surface area contributed by atoms with Crippen LogP contribution in [0.5, 0.6) is 5.75 Å². The van der Waals surface area contributed by atoms with Gasteiger partial charge in [-0.1, -0.05) is 17.7 Å². The van der Waals surface area contributed by atoms with Gasteiger partial charge in [0.25, 0.3) is 15.9 Å². The Labute approximate surface area is 146 Å². The van der Waals surface area contributed by atoms with Crippen LogP contribution in [-0.2, 0) is 14.8 Å². The zero-order valence-electron chi connectivity index (χ0n) is 14.1. The van der Waals surface area contributed by atoms with Crippen molar-refractivity contribution in [3.05, 3.63) is 53.6 Å². The molecule has 0 spiro atoms. The number of para-hydroxylation sites is 2. The topological polar surface area (TPSA) is 84.5 Å². The number of methoxy groups -OCH3 is 1. The number of carbonyl (C=O) groups excluding carboxylic acids is 1. The molecule has 0 aromatic heterocycles. The number of allylic oxidation sites excluding steroid dienone is 1. The van der Waals surface area contributed by atoms with Gasteiger partial charge in [-0.15, -0.1) is 0 Å². The summed E-state index contributed by atoms with van der Waals surface area (Å²) in [7, 11) is -2.35. The second kappa shape index (κ2) is 6.25. The fourth-order valence-corrected chi connectivity index (χ4v) is 3.84. The quantitative estimate of drug-likeness (QED) is 0.822. The lowest BCUT2D eigenvalue weighted by molar-refractivity contribution is -0.110. The van der Waals surface area contributed by atoms with Crippen LogP contribution < -0.4 is 14.8 Å². The van der Waals surface area contributed by atoms with Crippen molar-refractivity contribution in [2.75, 3.05) is 17.1 Å². The molecule has 0 fully saturated rings. The number of amides is 1. The Hall–Kier alpha value is -2.80. The van der Waals surface area contributed by atoms with Crippen LogP contribution in [0.15, 0.2) is 52.9 Å². The van der Waals surface area contributed by atoms with Crippen molar-refractivity contribution in [2.24, 2.45) is 0 Å². The minimum Gasteiger partial charge on any atom is -0.495 e. The van der Waals surface area contributed by atoms with E-state index >= 15 is 0 Å². The molecule has 1 amide bonds. The van der Waals surface area contributed by atoms with Crippen LogP contribution in [-0.4, -0.2) is 21.4 Å². The zero-order valence-corrected chi connectivity index (χ0v) is 14.9. The average molecular weight is 358 g/mol. The number of ether oxygens (including phenoxy) is 1. The smallest absolute Gasteiger partial charge is 0.262 e. The van der Waals surface area contributed by atoms with Crippen LogP contribution in [0, 0.1) is 0 Å². The molecule has 25 heavy (non-hydrogen) atoms. The lowest BCUT2D eigenvalue weighted by Gasteiger charge is -2.12. The van der Waals surface area contributed by atoms with Gasteiger partial charge in [0.2, 0.25) is 0 Å². The predicted molar refractivity (Wildman–Crippen MR) is 97.1 cm³/mol.